The van der Waals surface area contributed by atoms with E-state index in [4.69, 9.17) is 0 Å². The van der Waals surface area contributed by atoms with Gasteiger partial charge in [0.2, 0.25) is 0 Å². The zero-order valence-electron chi connectivity index (χ0n) is 10.1. The highest BCUT2D eigenvalue weighted by Crippen LogP contribution is 2.13. The lowest BCUT2D eigenvalue weighted by Gasteiger charge is -2.07. The van der Waals surface area contributed by atoms with E-state index in [0.717, 1.165) is 0 Å². The second-order valence-electron chi connectivity index (χ2n) is 4.94. The number of hydrogen-bond acceptors (Lipinski definition) is 0. The number of rotatable bonds is 3. The molecule has 1 aromatic carbocycles. The van der Waals surface area contributed by atoms with Gasteiger partial charge >= 0.3 is 0 Å². The molecule has 0 saturated carbocycles. The maximum atomic E-state index is 2.36. The van der Waals surface area contributed by atoms with Gasteiger partial charge in [-0.15, -0.1) is 0 Å². The Hall–Kier alpha value is -1.08. The van der Waals surface area contributed by atoms with Crippen LogP contribution in [0.25, 0.3) is 5.57 Å². The molecule has 0 aliphatic carbocycles. The standard InChI is InChI=1S/C14H20Si/c1-13(9-8-12-15(2,3)4)14-10-6-5-7-11-14/h5-12H,1-4H3/b12-8+,13-9+. The van der Waals surface area contributed by atoms with Crippen molar-refractivity contribution in [3.63, 3.8) is 0 Å². The first-order chi connectivity index (χ1) is 6.99. The molecule has 0 spiro atoms. The molecule has 0 bridgehead atoms. The molecule has 0 fully saturated rings. The Balaban J connectivity index is 2.74. The van der Waals surface area contributed by atoms with Crippen molar-refractivity contribution in [3.05, 3.63) is 53.7 Å². The third kappa shape index (κ3) is 4.80. The van der Waals surface area contributed by atoms with E-state index in [1.165, 1.54) is 11.1 Å². The van der Waals surface area contributed by atoms with Crippen LogP contribution in [0.3, 0.4) is 0 Å². The van der Waals surface area contributed by atoms with Crippen molar-refractivity contribution in [1.82, 2.24) is 0 Å². The average Bonchev–Trinajstić information content (AvgIpc) is 2.17. The molecular formula is C14H20Si. The van der Waals surface area contributed by atoms with Gasteiger partial charge in [0.05, 0.1) is 8.07 Å². The van der Waals surface area contributed by atoms with Crippen molar-refractivity contribution in [3.8, 4) is 0 Å². The Morgan fingerprint density at radius 2 is 1.67 bits per heavy atom. The fraction of sp³-hybridized carbons (Fsp3) is 0.286. The minimum atomic E-state index is -1.05. The molecule has 0 radical (unpaired) electrons. The summed E-state index contributed by atoms with van der Waals surface area (Å²) < 4.78 is 0. The van der Waals surface area contributed by atoms with Crippen LogP contribution in [0, 0.1) is 0 Å². The summed E-state index contributed by atoms with van der Waals surface area (Å²) in [4.78, 5) is 0. The van der Waals surface area contributed by atoms with Gasteiger partial charge in [-0.05, 0) is 18.1 Å². The summed E-state index contributed by atoms with van der Waals surface area (Å²) in [6.07, 6.45) is 4.40. The first-order valence-electron chi connectivity index (χ1n) is 5.40. The van der Waals surface area contributed by atoms with E-state index in [2.05, 4.69) is 74.7 Å². The summed E-state index contributed by atoms with van der Waals surface area (Å²) in [5.74, 6) is 0. The van der Waals surface area contributed by atoms with Crippen molar-refractivity contribution in [2.24, 2.45) is 0 Å². The quantitative estimate of drug-likeness (QED) is 0.514. The van der Waals surface area contributed by atoms with Gasteiger partial charge in [0.25, 0.3) is 0 Å². The second-order valence-corrected chi connectivity index (χ2v) is 10.0. The molecule has 0 amide bonds. The molecule has 1 aromatic rings. The monoisotopic (exact) mass is 216 g/mol. The third-order valence-corrected chi connectivity index (χ3v) is 3.36. The fourth-order valence-corrected chi connectivity index (χ4v) is 1.95. The zero-order valence-corrected chi connectivity index (χ0v) is 11.1. The first kappa shape index (κ1) is 12.0. The van der Waals surface area contributed by atoms with Crippen molar-refractivity contribution in [1.29, 1.82) is 0 Å². The van der Waals surface area contributed by atoms with Crippen molar-refractivity contribution < 1.29 is 0 Å². The van der Waals surface area contributed by atoms with E-state index in [1.54, 1.807) is 0 Å². The van der Waals surface area contributed by atoms with Crippen molar-refractivity contribution in [2.75, 3.05) is 0 Å². The normalized spacial score (nSPS) is 13.5. The van der Waals surface area contributed by atoms with E-state index >= 15 is 0 Å². The van der Waals surface area contributed by atoms with Crippen LogP contribution in [0.2, 0.25) is 19.6 Å². The molecule has 0 aliphatic heterocycles. The van der Waals surface area contributed by atoms with E-state index in [9.17, 15) is 0 Å². The van der Waals surface area contributed by atoms with Gasteiger partial charge in [-0.2, -0.15) is 0 Å². The van der Waals surface area contributed by atoms with Crippen LogP contribution in [-0.2, 0) is 0 Å². The van der Waals surface area contributed by atoms with Gasteiger partial charge < -0.3 is 0 Å². The lowest BCUT2D eigenvalue weighted by atomic mass is 10.1. The SMILES string of the molecule is C/C(=C\C=C\[Si](C)(C)C)c1ccccc1. The molecule has 0 unspecified atom stereocenters. The first-order valence-corrected chi connectivity index (χ1v) is 8.98. The minimum Gasteiger partial charge on any atom is -0.0950 e. The second kappa shape index (κ2) is 5.13. The predicted molar refractivity (Wildman–Crippen MR) is 72.6 cm³/mol. The highest BCUT2D eigenvalue weighted by molar-refractivity contribution is 6.81. The van der Waals surface area contributed by atoms with Gasteiger partial charge in [0.1, 0.15) is 0 Å². The topological polar surface area (TPSA) is 0 Å². The number of benzene rings is 1. The van der Waals surface area contributed by atoms with Gasteiger partial charge in [0.15, 0.2) is 0 Å². The minimum absolute atomic E-state index is 1.05. The van der Waals surface area contributed by atoms with Crippen LogP contribution in [0.4, 0.5) is 0 Å². The van der Waals surface area contributed by atoms with E-state index in [0.29, 0.717) is 0 Å². The molecular weight excluding hydrogens is 196 g/mol. The molecule has 0 atom stereocenters. The van der Waals surface area contributed by atoms with E-state index < -0.39 is 8.07 Å². The van der Waals surface area contributed by atoms with Gasteiger partial charge in [-0.1, -0.05) is 67.8 Å². The van der Waals surface area contributed by atoms with Gasteiger partial charge in [-0.25, -0.2) is 0 Å². The van der Waals surface area contributed by atoms with Crippen molar-refractivity contribution >= 4 is 13.6 Å². The Bertz CT molecular complexity index is 353. The molecule has 0 heterocycles. The third-order valence-electron chi connectivity index (χ3n) is 2.17. The van der Waals surface area contributed by atoms with E-state index in [1.807, 2.05) is 0 Å². The van der Waals surface area contributed by atoms with Crippen LogP contribution in [0.5, 0.6) is 0 Å². The average molecular weight is 216 g/mol. The van der Waals surface area contributed by atoms with Crippen LogP contribution >= 0.6 is 0 Å². The lowest BCUT2D eigenvalue weighted by molar-refractivity contribution is 1.57. The number of allylic oxidation sites excluding steroid dienone is 3. The number of hydrogen-bond donors (Lipinski definition) is 0. The molecule has 1 heteroatoms. The van der Waals surface area contributed by atoms with Crippen LogP contribution in [0.15, 0.2) is 48.2 Å². The molecule has 0 aromatic heterocycles. The van der Waals surface area contributed by atoms with Gasteiger partial charge in [-0.3, -0.25) is 0 Å². The Labute approximate surface area is 94.4 Å². The zero-order chi connectivity index (χ0) is 11.3. The van der Waals surface area contributed by atoms with Crippen molar-refractivity contribution in [2.45, 2.75) is 26.6 Å². The Morgan fingerprint density at radius 1 is 1.07 bits per heavy atom. The Morgan fingerprint density at radius 3 is 2.20 bits per heavy atom. The summed E-state index contributed by atoms with van der Waals surface area (Å²) in [6, 6.07) is 10.5. The molecule has 15 heavy (non-hydrogen) atoms. The van der Waals surface area contributed by atoms with E-state index in [-0.39, 0.29) is 0 Å². The fourth-order valence-electron chi connectivity index (χ4n) is 1.28. The summed E-state index contributed by atoms with van der Waals surface area (Å²) in [5, 5.41) is 0. The molecule has 1 rings (SSSR count). The highest BCUT2D eigenvalue weighted by atomic mass is 28.3. The summed E-state index contributed by atoms with van der Waals surface area (Å²) in [7, 11) is -1.05. The molecule has 0 nitrogen and oxygen atoms in total. The molecule has 0 saturated heterocycles. The maximum absolute atomic E-state index is 2.36. The highest BCUT2D eigenvalue weighted by Gasteiger charge is 2.05. The maximum Gasteiger partial charge on any atom is 0.0687 e. The smallest absolute Gasteiger partial charge is 0.0687 e. The lowest BCUT2D eigenvalue weighted by Crippen LogP contribution is -2.14. The summed E-state index contributed by atoms with van der Waals surface area (Å²) in [6.45, 7) is 9.18. The molecule has 0 aliphatic rings. The van der Waals surface area contributed by atoms with Gasteiger partial charge in [0, 0.05) is 0 Å². The molecule has 0 N–H and O–H groups in total. The van der Waals surface area contributed by atoms with Crippen LogP contribution in [-0.4, -0.2) is 8.07 Å². The van der Waals surface area contributed by atoms with Crippen LogP contribution in [0.1, 0.15) is 12.5 Å². The predicted octanol–water partition coefficient (Wildman–Crippen LogP) is 4.52. The summed E-state index contributed by atoms with van der Waals surface area (Å²) in [5.41, 5.74) is 4.99. The van der Waals surface area contributed by atoms with Crippen LogP contribution < -0.4 is 0 Å². The molecule has 80 valence electrons. The summed E-state index contributed by atoms with van der Waals surface area (Å²) >= 11 is 0. The Kier molecular flexibility index (Phi) is 4.10. The largest absolute Gasteiger partial charge is 0.0950 e.